The number of likely N-dealkylation sites (N-methyl/N-ethyl adjacent to an activating group) is 1. The molecule has 0 bridgehead atoms. The van der Waals surface area contributed by atoms with Gasteiger partial charge in [0.05, 0.1) is 17.6 Å². The van der Waals surface area contributed by atoms with E-state index < -0.39 is 0 Å². The third-order valence-electron chi connectivity index (χ3n) is 5.48. The summed E-state index contributed by atoms with van der Waals surface area (Å²) in [7, 11) is 1.78. The number of ether oxygens (including phenoxy) is 2. The summed E-state index contributed by atoms with van der Waals surface area (Å²) in [6.45, 7) is 2.82. The van der Waals surface area contributed by atoms with Gasteiger partial charge in [-0.25, -0.2) is 4.98 Å². The molecular weight excluding hydrogens is 390 g/mol. The van der Waals surface area contributed by atoms with Crippen molar-refractivity contribution in [2.75, 3.05) is 20.2 Å². The first-order valence-electron chi connectivity index (χ1n) is 10.3. The minimum absolute atomic E-state index is 0.0729. The molecule has 3 aromatic carbocycles. The molecule has 0 spiro atoms. The number of aryl methyl sites for hydroxylation is 1. The standard InChI is InChI=1S/C25H23N3O3/c1-17-26-21-14-18(12-13-22(21)28(17)19-8-4-3-5-9-19)25(29)27(2)15-20-16-30-23-10-6-7-11-24(23)31-20/h3-14,20H,15-16H2,1-2H3/t20-/m1/s1. The Labute approximate surface area is 180 Å². The van der Waals surface area contributed by atoms with Crippen LogP contribution in [0.25, 0.3) is 16.7 Å². The van der Waals surface area contributed by atoms with Crippen molar-refractivity contribution < 1.29 is 14.3 Å². The fourth-order valence-electron chi connectivity index (χ4n) is 4.00. The molecule has 1 aliphatic rings. The highest BCUT2D eigenvalue weighted by molar-refractivity contribution is 5.97. The highest BCUT2D eigenvalue weighted by Crippen LogP contribution is 2.31. The summed E-state index contributed by atoms with van der Waals surface area (Å²) in [5.74, 6) is 2.26. The largest absolute Gasteiger partial charge is 0.486 e. The molecule has 1 aliphatic heterocycles. The topological polar surface area (TPSA) is 56.6 Å². The summed E-state index contributed by atoms with van der Waals surface area (Å²) in [4.78, 5) is 19.4. The predicted octanol–water partition coefficient (Wildman–Crippen LogP) is 4.25. The first-order chi connectivity index (χ1) is 15.1. The monoisotopic (exact) mass is 413 g/mol. The highest BCUT2D eigenvalue weighted by atomic mass is 16.6. The van der Waals surface area contributed by atoms with Gasteiger partial charge in [0.2, 0.25) is 0 Å². The van der Waals surface area contributed by atoms with Crippen LogP contribution in [0.15, 0.2) is 72.8 Å². The van der Waals surface area contributed by atoms with Crippen molar-refractivity contribution in [3.05, 3.63) is 84.2 Å². The van der Waals surface area contributed by atoms with Crippen LogP contribution in [-0.2, 0) is 0 Å². The molecule has 1 amide bonds. The summed E-state index contributed by atoms with van der Waals surface area (Å²) in [6.07, 6.45) is -0.216. The summed E-state index contributed by atoms with van der Waals surface area (Å²) in [5.41, 5.74) is 3.42. The lowest BCUT2D eigenvalue weighted by molar-refractivity contribution is 0.0521. The summed E-state index contributed by atoms with van der Waals surface area (Å²) in [5, 5.41) is 0. The number of carbonyl (C=O) groups is 1. The second-order valence-corrected chi connectivity index (χ2v) is 7.72. The van der Waals surface area contributed by atoms with Crippen molar-refractivity contribution in [3.63, 3.8) is 0 Å². The van der Waals surface area contributed by atoms with Crippen molar-refractivity contribution in [1.29, 1.82) is 0 Å². The van der Waals surface area contributed by atoms with E-state index in [1.54, 1.807) is 11.9 Å². The molecule has 0 saturated carbocycles. The molecule has 6 nitrogen and oxygen atoms in total. The molecule has 1 atom stereocenters. The van der Waals surface area contributed by atoms with Gasteiger partial charge in [-0.05, 0) is 49.4 Å². The van der Waals surface area contributed by atoms with E-state index in [9.17, 15) is 4.79 Å². The average Bonchev–Trinajstić information content (AvgIpc) is 3.13. The molecule has 2 heterocycles. The normalized spacial score (nSPS) is 15.1. The van der Waals surface area contributed by atoms with E-state index in [0.717, 1.165) is 28.3 Å². The molecule has 4 aromatic rings. The van der Waals surface area contributed by atoms with Gasteiger partial charge in [-0.1, -0.05) is 30.3 Å². The Morgan fingerprint density at radius 1 is 1.06 bits per heavy atom. The molecule has 0 saturated heterocycles. The van der Waals surface area contributed by atoms with Gasteiger partial charge >= 0.3 is 0 Å². The van der Waals surface area contributed by atoms with Gasteiger partial charge in [0.25, 0.3) is 5.91 Å². The van der Waals surface area contributed by atoms with Crippen LogP contribution >= 0.6 is 0 Å². The van der Waals surface area contributed by atoms with Crippen LogP contribution in [0.5, 0.6) is 11.5 Å². The van der Waals surface area contributed by atoms with E-state index in [0.29, 0.717) is 24.5 Å². The molecule has 31 heavy (non-hydrogen) atoms. The number of fused-ring (bicyclic) bond motifs is 2. The molecule has 0 N–H and O–H groups in total. The van der Waals surface area contributed by atoms with E-state index >= 15 is 0 Å². The maximum Gasteiger partial charge on any atom is 0.253 e. The van der Waals surface area contributed by atoms with Crippen LogP contribution in [-0.4, -0.2) is 46.7 Å². The van der Waals surface area contributed by atoms with E-state index in [-0.39, 0.29) is 12.0 Å². The van der Waals surface area contributed by atoms with Gasteiger partial charge in [-0.15, -0.1) is 0 Å². The van der Waals surface area contributed by atoms with Gasteiger partial charge < -0.3 is 14.4 Å². The van der Waals surface area contributed by atoms with Crippen molar-refractivity contribution in [2.24, 2.45) is 0 Å². The highest BCUT2D eigenvalue weighted by Gasteiger charge is 2.24. The molecule has 156 valence electrons. The molecule has 5 rings (SSSR count). The number of carbonyl (C=O) groups excluding carboxylic acids is 1. The number of hydrogen-bond acceptors (Lipinski definition) is 4. The Morgan fingerprint density at radius 3 is 2.61 bits per heavy atom. The summed E-state index contributed by atoms with van der Waals surface area (Å²) in [6, 6.07) is 23.3. The first kappa shape index (κ1) is 19.2. The minimum atomic E-state index is -0.216. The average molecular weight is 413 g/mol. The Morgan fingerprint density at radius 2 is 1.81 bits per heavy atom. The van der Waals surface area contributed by atoms with Crippen LogP contribution in [0.2, 0.25) is 0 Å². The number of hydrogen-bond donors (Lipinski definition) is 0. The number of nitrogens with zero attached hydrogens (tertiary/aromatic N) is 3. The van der Waals surface area contributed by atoms with Crippen LogP contribution in [0.3, 0.4) is 0 Å². The second kappa shape index (κ2) is 7.80. The molecule has 6 heteroatoms. The maximum absolute atomic E-state index is 13.1. The lowest BCUT2D eigenvalue weighted by atomic mass is 10.1. The lowest BCUT2D eigenvalue weighted by Crippen LogP contribution is -2.41. The third-order valence-corrected chi connectivity index (χ3v) is 5.48. The molecule has 0 aliphatic carbocycles. The van der Waals surface area contributed by atoms with Crippen LogP contribution in [0.1, 0.15) is 16.2 Å². The van der Waals surface area contributed by atoms with Gasteiger partial charge in [-0.3, -0.25) is 9.36 Å². The number of para-hydroxylation sites is 3. The Balaban J connectivity index is 1.35. The quantitative estimate of drug-likeness (QED) is 0.502. The van der Waals surface area contributed by atoms with Crippen LogP contribution < -0.4 is 9.47 Å². The zero-order valence-corrected chi connectivity index (χ0v) is 17.5. The lowest BCUT2D eigenvalue weighted by Gasteiger charge is -2.29. The summed E-state index contributed by atoms with van der Waals surface area (Å²) < 4.78 is 13.8. The summed E-state index contributed by atoms with van der Waals surface area (Å²) >= 11 is 0. The molecule has 1 aromatic heterocycles. The van der Waals surface area contributed by atoms with Crippen LogP contribution in [0, 0.1) is 6.92 Å². The smallest absolute Gasteiger partial charge is 0.253 e. The van der Waals surface area contributed by atoms with Gasteiger partial charge in [0.1, 0.15) is 12.4 Å². The fraction of sp³-hybridized carbons (Fsp3) is 0.200. The molecule has 0 fully saturated rings. The Hall–Kier alpha value is -3.80. The van der Waals surface area contributed by atoms with Crippen molar-refractivity contribution in [3.8, 4) is 17.2 Å². The molecular formula is C25H23N3O3. The van der Waals surface area contributed by atoms with E-state index in [1.165, 1.54) is 0 Å². The van der Waals surface area contributed by atoms with Gasteiger partial charge in [0, 0.05) is 18.3 Å². The SMILES string of the molecule is Cc1nc2cc(C(=O)N(C)C[C@@H]3COc4ccccc4O3)ccc2n1-c1ccccc1. The number of benzene rings is 3. The first-order valence-corrected chi connectivity index (χ1v) is 10.3. The van der Waals surface area contributed by atoms with Gasteiger partial charge in [-0.2, -0.15) is 0 Å². The number of amides is 1. The van der Waals surface area contributed by atoms with Gasteiger partial charge in [0.15, 0.2) is 17.6 Å². The van der Waals surface area contributed by atoms with Crippen molar-refractivity contribution in [1.82, 2.24) is 14.5 Å². The van der Waals surface area contributed by atoms with E-state index in [1.807, 2.05) is 79.7 Å². The number of aromatic nitrogens is 2. The zero-order chi connectivity index (χ0) is 21.4. The molecule has 0 unspecified atom stereocenters. The number of imidazole rings is 1. The van der Waals surface area contributed by atoms with Crippen LogP contribution in [0.4, 0.5) is 0 Å². The van der Waals surface area contributed by atoms with E-state index in [2.05, 4.69) is 9.55 Å². The van der Waals surface area contributed by atoms with E-state index in [4.69, 9.17) is 9.47 Å². The predicted molar refractivity (Wildman–Crippen MR) is 119 cm³/mol. The molecule has 0 radical (unpaired) electrons. The maximum atomic E-state index is 13.1. The fourth-order valence-corrected chi connectivity index (χ4v) is 4.00. The minimum Gasteiger partial charge on any atom is -0.486 e. The zero-order valence-electron chi connectivity index (χ0n) is 17.5. The second-order valence-electron chi connectivity index (χ2n) is 7.72. The number of rotatable bonds is 4. The van der Waals surface area contributed by atoms with Crippen molar-refractivity contribution in [2.45, 2.75) is 13.0 Å². The third kappa shape index (κ3) is 3.61. The van der Waals surface area contributed by atoms with Crippen molar-refractivity contribution >= 4 is 16.9 Å². The Kier molecular flexibility index (Phi) is 4.82. The Bertz CT molecular complexity index is 1250.